The van der Waals surface area contributed by atoms with Crippen molar-refractivity contribution in [3.8, 4) is 0 Å². The molecule has 1 aliphatic carbocycles. The van der Waals surface area contributed by atoms with Gasteiger partial charge in [-0.25, -0.2) is 4.39 Å². The van der Waals surface area contributed by atoms with E-state index in [1.54, 1.807) is 6.07 Å². The Bertz CT molecular complexity index is 435. The third-order valence-corrected chi connectivity index (χ3v) is 4.23. The minimum Gasteiger partial charge on any atom is -0.306 e. The summed E-state index contributed by atoms with van der Waals surface area (Å²) < 4.78 is 12.9. The summed E-state index contributed by atoms with van der Waals surface area (Å²) in [5, 5.41) is 3.68. The van der Waals surface area contributed by atoms with Crippen LogP contribution in [-0.4, -0.2) is 11.0 Å². The van der Waals surface area contributed by atoms with Gasteiger partial charge in [-0.1, -0.05) is 27.7 Å². The zero-order valence-corrected chi connectivity index (χ0v) is 13.3. The molecule has 0 bridgehead atoms. The second kappa shape index (κ2) is 5.44. The standard InChI is InChI=1S/C17H27FN2/c1-12(15-7-6-13(18)10-19-15)20-14-8-16(2,3)11-17(4,5)9-14/h6-7,10,12,14,20H,8-9,11H2,1-5H3. The Kier molecular flexibility index (Phi) is 4.19. The van der Waals surface area contributed by atoms with Gasteiger partial charge < -0.3 is 5.32 Å². The van der Waals surface area contributed by atoms with E-state index >= 15 is 0 Å². The Morgan fingerprint density at radius 3 is 2.30 bits per heavy atom. The van der Waals surface area contributed by atoms with E-state index < -0.39 is 0 Å². The summed E-state index contributed by atoms with van der Waals surface area (Å²) >= 11 is 0. The molecule has 1 aliphatic rings. The Morgan fingerprint density at radius 2 is 1.80 bits per heavy atom. The number of hydrogen-bond donors (Lipinski definition) is 1. The van der Waals surface area contributed by atoms with Gasteiger partial charge in [0.05, 0.1) is 11.9 Å². The third kappa shape index (κ3) is 4.02. The second-order valence-corrected chi connectivity index (χ2v) is 7.90. The smallest absolute Gasteiger partial charge is 0.141 e. The van der Waals surface area contributed by atoms with Crippen LogP contribution in [0.2, 0.25) is 0 Å². The molecule has 1 aromatic heterocycles. The monoisotopic (exact) mass is 278 g/mol. The van der Waals surface area contributed by atoms with Gasteiger partial charge in [0.2, 0.25) is 0 Å². The average molecular weight is 278 g/mol. The van der Waals surface area contributed by atoms with Crippen molar-refractivity contribution in [3.05, 3.63) is 29.8 Å². The molecule has 1 aromatic rings. The van der Waals surface area contributed by atoms with Crippen molar-refractivity contribution in [3.63, 3.8) is 0 Å². The molecule has 0 amide bonds. The highest BCUT2D eigenvalue weighted by Crippen LogP contribution is 2.46. The van der Waals surface area contributed by atoms with E-state index in [0.717, 1.165) is 5.69 Å². The molecular weight excluding hydrogens is 251 g/mol. The average Bonchev–Trinajstić information content (AvgIpc) is 2.25. The minimum atomic E-state index is -0.277. The minimum absolute atomic E-state index is 0.158. The molecule has 20 heavy (non-hydrogen) atoms. The van der Waals surface area contributed by atoms with Crippen LogP contribution in [0, 0.1) is 16.6 Å². The molecule has 0 aliphatic heterocycles. The van der Waals surface area contributed by atoms with Gasteiger partial charge in [-0.05, 0) is 49.1 Å². The number of rotatable bonds is 3. The predicted octanol–water partition coefficient (Wildman–Crippen LogP) is 4.48. The first kappa shape index (κ1) is 15.4. The van der Waals surface area contributed by atoms with E-state index in [1.165, 1.54) is 31.5 Å². The lowest BCUT2D eigenvalue weighted by Gasteiger charge is -2.46. The summed E-state index contributed by atoms with van der Waals surface area (Å²) in [7, 11) is 0. The zero-order chi connectivity index (χ0) is 15.0. The summed E-state index contributed by atoms with van der Waals surface area (Å²) in [6, 6.07) is 3.90. The van der Waals surface area contributed by atoms with E-state index in [-0.39, 0.29) is 11.9 Å². The van der Waals surface area contributed by atoms with Crippen LogP contribution in [0.25, 0.3) is 0 Å². The van der Waals surface area contributed by atoms with Gasteiger partial charge in [0.15, 0.2) is 0 Å². The first-order valence-electron chi connectivity index (χ1n) is 7.54. The van der Waals surface area contributed by atoms with Crippen molar-refractivity contribution < 1.29 is 4.39 Å². The molecule has 1 heterocycles. The Hall–Kier alpha value is -0.960. The SMILES string of the molecule is CC(NC1CC(C)(C)CC(C)(C)C1)c1ccc(F)cn1. The summed E-state index contributed by atoms with van der Waals surface area (Å²) in [5.74, 6) is -0.277. The van der Waals surface area contributed by atoms with Crippen LogP contribution in [0.3, 0.4) is 0 Å². The van der Waals surface area contributed by atoms with Gasteiger partial charge in [-0.15, -0.1) is 0 Å². The van der Waals surface area contributed by atoms with E-state index in [0.29, 0.717) is 16.9 Å². The lowest BCUT2D eigenvalue weighted by molar-refractivity contribution is 0.0809. The highest BCUT2D eigenvalue weighted by molar-refractivity contribution is 5.09. The van der Waals surface area contributed by atoms with Crippen LogP contribution in [0.1, 0.15) is 65.6 Å². The summed E-state index contributed by atoms with van der Waals surface area (Å²) in [6.45, 7) is 11.5. The topological polar surface area (TPSA) is 24.9 Å². The zero-order valence-electron chi connectivity index (χ0n) is 13.3. The number of nitrogens with one attached hydrogen (secondary N) is 1. The fourth-order valence-corrected chi connectivity index (χ4v) is 4.05. The van der Waals surface area contributed by atoms with Crippen molar-refractivity contribution in [1.82, 2.24) is 10.3 Å². The maximum absolute atomic E-state index is 12.9. The van der Waals surface area contributed by atoms with E-state index in [4.69, 9.17) is 0 Å². The molecule has 2 rings (SSSR count). The van der Waals surface area contributed by atoms with Crippen LogP contribution in [0.4, 0.5) is 4.39 Å². The number of nitrogens with zero attached hydrogens (tertiary/aromatic N) is 1. The lowest BCUT2D eigenvalue weighted by atomic mass is 9.63. The highest BCUT2D eigenvalue weighted by atomic mass is 19.1. The molecule has 0 radical (unpaired) electrons. The van der Waals surface area contributed by atoms with Gasteiger partial charge in [-0.2, -0.15) is 0 Å². The van der Waals surface area contributed by atoms with Crippen LogP contribution < -0.4 is 5.32 Å². The molecule has 2 nitrogen and oxygen atoms in total. The van der Waals surface area contributed by atoms with Crippen molar-refractivity contribution in [2.24, 2.45) is 10.8 Å². The first-order valence-corrected chi connectivity index (χ1v) is 7.54. The summed E-state index contributed by atoms with van der Waals surface area (Å²) in [4.78, 5) is 4.18. The Morgan fingerprint density at radius 1 is 1.20 bits per heavy atom. The van der Waals surface area contributed by atoms with E-state index in [2.05, 4.69) is 44.9 Å². The molecule has 3 heteroatoms. The largest absolute Gasteiger partial charge is 0.306 e. The van der Waals surface area contributed by atoms with E-state index in [1.807, 2.05) is 0 Å². The summed E-state index contributed by atoms with van der Waals surface area (Å²) in [5.41, 5.74) is 1.65. The van der Waals surface area contributed by atoms with Gasteiger partial charge in [0.25, 0.3) is 0 Å². The van der Waals surface area contributed by atoms with Gasteiger partial charge in [0, 0.05) is 12.1 Å². The van der Waals surface area contributed by atoms with Crippen molar-refractivity contribution in [2.75, 3.05) is 0 Å². The third-order valence-electron chi connectivity index (χ3n) is 4.23. The fourth-order valence-electron chi connectivity index (χ4n) is 4.05. The normalized spacial score (nSPS) is 23.5. The van der Waals surface area contributed by atoms with Gasteiger partial charge >= 0.3 is 0 Å². The predicted molar refractivity (Wildman–Crippen MR) is 80.9 cm³/mol. The molecule has 112 valence electrons. The second-order valence-electron chi connectivity index (χ2n) is 7.90. The molecule has 0 saturated heterocycles. The maximum atomic E-state index is 12.9. The van der Waals surface area contributed by atoms with Crippen LogP contribution >= 0.6 is 0 Å². The molecule has 1 unspecified atom stereocenters. The molecule has 1 N–H and O–H groups in total. The summed E-state index contributed by atoms with van der Waals surface area (Å²) in [6.07, 6.45) is 4.92. The Labute approximate surface area is 122 Å². The number of pyridine rings is 1. The van der Waals surface area contributed by atoms with Crippen LogP contribution in [-0.2, 0) is 0 Å². The molecule has 0 spiro atoms. The van der Waals surface area contributed by atoms with Gasteiger partial charge in [-0.3, -0.25) is 4.98 Å². The molecule has 1 fully saturated rings. The fraction of sp³-hybridized carbons (Fsp3) is 0.706. The van der Waals surface area contributed by atoms with Crippen LogP contribution in [0.15, 0.2) is 18.3 Å². The highest BCUT2D eigenvalue weighted by Gasteiger charge is 2.38. The molecule has 1 saturated carbocycles. The van der Waals surface area contributed by atoms with Crippen molar-refractivity contribution >= 4 is 0 Å². The lowest BCUT2D eigenvalue weighted by Crippen LogP contribution is -2.44. The number of halogens is 1. The van der Waals surface area contributed by atoms with E-state index in [9.17, 15) is 4.39 Å². The quantitative estimate of drug-likeness (QED) is 0.882. The molecule has 1 atom stereocenters. The van der Waals surface area contributed by atoms with Crippen molar-refractivity contribution in [1.29, 1.82) is 0 Å². The maximum Gasteiger partial charge on any atom is 0.141 e. The molecule has 0 aromatic carbocycles. The van der Waals surface area contributed by atoms with Gasteiger partial charge in [0.1, 0.15) is 5.82 Å². The Balaban J connectivity index is 2.03. The first-order chi connectivity index (χ1) is 9.17. The van der Waals surface area contributed by atoms with Crippen LogP contribution in [0.5, 0.6) is 0 Å². The number of hydrogen-bond acceptors (Lipinski definition) is 2. The molecular formula is C17H27FN2. The van der Waals surface area contributed by atoms with Crippen molar-refractivity contribution in [2.45, 2.75) is 66.0 Å². The number of aromatic nitrogens is 1.